The molecule has 0 aromatic carbocycles. The molecule has 1 aromatic heterocycles. The molecule has 1 saturated heterocycles. The Morgan fingerprint density at radius 3 is 2.77 bits per heavy atom. The van der Waals surface area contributed by atoms with E-state index in [0.29, 0.717) is 30.5 Å². The van der Waals surface area contributed by atoms with E-state index in [0.717, 1.165) is 12.8 Å². The Hall–Kier alpha value is -2.19. The summed E-state index contributed by atoms with van der Waals surface area (Å²) in [4.78, 5) is 28.8. The minimum atomic E-state index is -0.356. The number of aromatic nitrogens is 2. The lowest BCUT2D eigenvalue weighted by atomic mass is 9.76. The number of ether oxygens (including phenoxy) is 1. The summed E-state index contributed by atoms with van der Waals surface area (Å²) < 4.78 is 6.85. The number of rotatable bonds is 4. The van der Waals surface area contributed by atoms with E-state index >= 15 is 0 Å². The standard InChI is InChI=1S/C18H27N5O3/c1-18(2)7-6-12(17(25)26-3)14(10-18)20-16(24)13-4-5-15(22-21-13)23-9-8-19-11-23/h8-9,11,13,15,21-22H,4-7,10H2,1-3H3,(H,20,24). The van der Waals surface area contributed by atoms with Crippen molar-refractivity contribution in [2.45, 2.75) is 58.2 Å². The van der Waals surface area contributed by atoms with Crippen molar-refractivity contribution < 1.29 is 14.3 Å². The number of carbonyl (C=O) groups excluding carboxylic acids is 2. The van der Waals surface area contributed by atoms with Crippen LogP contribution in [-0.2, 0) is 14.3 Å². The first-order valence-corrected chi connectivity index (χ1v) is 8.99. The second-order valence-electron chi connectivity index (χ2n) is 7.72. The molecule has 2 unspecified atom stereocenters. The van der Waals surface area contributed by atoms with E-state index in [-0.39, 0.29) is 29.5 Å². The van der Waals surface area contributed by atoms with E-state index in [9.17, 15) is 9.59 Å². The van der Waals surface area contributed by atoms with Crippen molar-refractivity contribution in [3.05, 3.63) is 30.0 Å². The van der Waals surface area contributed by atoms with Gasteiger partial charge in [0.15, 0.2) is 0 Å². The molecule has 2 atom stereocenters. The molecule has 0 spiro atoms. The molecule has 0 radical (unpaired) electrons. The third-order valence-corrected chi connectivity index (χ3v) is 5.13. The van der Waals surface area contributed by atoms with Gasteiger partial charge in [0.05, 0.1) is 25.2 Å². The van der Waals surface area contributed by atoms with Gasteiger partial charge in [-0.05, 0) is 37.5 Å². The van der Waals surface area contributed by atoms with Crippen molar-refractivity contribution in [2.24, 2.45) is 5.41 Å². The normalized spacial score (nSPS) is 25.7. The van der Waals surface area contributed by atoms with Crippen molar-refractivity contribution in [1.82, 2.24) is 25.7 Å². The fraction of sp³-hybridized carbons (Fsp3) is 0.611. The van der Waals surface area contributed by atoms with Crippen LogP contribution < -0.4 is 16.2 Å². The van der Waals surface area contributed by atoms with Crippen LogP contribution >= 0.6 is 0 Å². The Balaban J connectivity index is 1.64. The van der Waals surface area contributed by atoms with Crippen molar-refractivity contribution >= 4 is 11.9 Å². The highest BCUT2D eigenvalue weighted by Gasteiger charge is 2.33. The van der Waals surface area contributed by atoms with Crippen LogP contribution in [0.3, 0.4) is 0 Å². The summed E-state index contributed by atoms with van der Waals surface area (Å²) in [6.07, 6.45) is 9.09. The second kappa shape index (κ2) is 7.59. The number of nitrogens with one attached hydrogen (secondary N) is 3. The van der Waals surface area contributed by atoms with E-state index in [1.807, 2.05) is 10.8 Å². The molecule has 1 aliphatic heterocycles. The van der Waals surface area contributed by atoms with Crippen LogP contribution in [0, 0.1) is 5.41 Å². The first-order valence-electron chi connectivity index (χ1n) is 8.99. The average molecular weight is 361 g/mol. The number of esters is 1. The third kappa shape index (κ3) is 4.13. The third-order valence-electron chi connectivity index (χ3n) is 5.13. The highest BCUT2D eigenvalue weighted by atomic mass is 16.5. The summed E-state index contributed by atoms with van der Waals surface area (Å²) in [6, 6.07) is -0.355. The predicted molar refractivity (Wildman–Crippen MR) is 95.4 cm³/mol. The maximum atomic E-state index is 12.7. The number of hydrogen-bond acceptors (Lipinski definition) is 6. The molecule has 0 saturated carbocycles. The topological polar surface area (TPSA) is 97.3 Å². The number of hydrazine groups is 1. The number of nitrogens with zero attached hydrogens (tertiary/aromatic N) is 2. The molecule has 142 valence electrons. The van der Waals surface area contributed by atoms with E-state index in [1.165, 1.54) is 7.11 Å². The molecule has 26 heavy (non-hydrogen) atoms. The van der Waals surface area contributed by atoms with Gasteiger partial charge >= 0.3 is 5.97 Å². The lowest BCUT2D eigenvalue weighted by Crippen LogP contribution is -2.55. The summed E-state index contributed by atoms with van der Waals surface area (Å²) in [5, 5.41) is 2.98. The summed E-state index contributed by atoms with van der Waals surface area (Å²) in [7, 11) is 1.37. The highest BCUT2D eigenvalue weighted by molar-refractivity contribution is 5.91. The van der Waals surface area contributed by atoms with Crippen LogP contribution in [0.4, 0.5) is 0 Å². The number of amides is 1. The Bertz CT molecular complexity index is 688. The Labute approximate surface area is 153 Å². The summed E-state index contributed by atoms with van der Waals surface area (Å²) in [6.45, 7) is 4.28. The van der Waals surface area contributed by atoms with Crippen LogP contribution in [0.1, 0.15) is 52.1 Å². The fourth-order valence-corrected chi connectivity index (χ4v) is 3.53. The van der Waals surface area contributed by atoms with Crippen LogP contribution in [0.25, 0.3) is 0 Å². The maximum absolute atomic E-state index is 12.7. The van der Waals surface area contributed by atoms with E-state index in [4.69, 9.17) is 4.74 Å². The number of carbonyl (C=O) groups is 2. The molecule has 1 amide bonds. The zero-order valence-electron chi connectivity index (χ0n) is 15.5. The molecule has 1 fully saturated rings. The molecule has 1 aromatic rings. The average Bonchev–Trinajstić information content (AvgIpc) is 3.15. The van der Waals surface area contributed by atoms with Gasteiger partial charge in [0.1, 0.15) is 6.04 Å². The number of hydrogen-bond donors (Lipinski definition) is 3. The molecule has 3 rings (SSSR count). The van der Waals surface area contributed by atoms with Gasteiger partial charge in [-0.25, -0.2) is 20.6 Å². The first kappa shape index (κ1) is 18.6. The number of allylic oxidation sites excluding steroid dienone is 1. The molecule has 3 N–H and O–H groups in total. The number of imidazole rings is 1. The van der Waals surface area contributed by atoms with E-state index in [1.54, 1.807) is 12.5 Å². The summed E-state index contributed by atoms with van der Waals surface area (Å²) >= 11 is 0. The lowest BCUT2D eigenvalue weighted by molar-refractivity contribution is -0.136. The quantitative estimate of drug-likeness (QED) is 0.701. The van der Waals surface area contributed by atoms with Crippen LogP contribution in [0.5, 0.6) is 0 Å². The van der Waals surface area contributed by atoms with Crippen molar-refractivity contribution in [3.63, 3.8) is 0 Å². The van der Waals surface area contributed by atoms with Crippen molar-refractivity contribution in [1.29, 1.82) is 0 Å². The molecule has 2 aliphatic rings. The first-order chi connectivity index (χ1) is 12.4. The smallest absolute Gasteiger partial charge is 0.335 e. The van der Waals surface area contributed by atoms with Gasteiger partial charge in [-0.15, -0.1) is 0 Å². The van der Waals surface area contributed by atoms with Gasteiger partial charge in [0.25, 0.3) is 0 Å². The molecule has 2 heterocycles. The van der Waals surface area contributed by atoms with E-state index < -0.39 is 0 Å². The van der Waals surface area contributed by atoms with Gasteiger partial charge in [0.2, 0.25) is 5.91 Å². The zero-order chi connectivity index (χ0) is 18.7. The Morgan fingerprint density at radius 1 is 1.35 bits per heavy atom. The van der Waals surface area contributed by atoms with Crippen LogP contribution in [-0.4, -0.2) is 34.6 Å². The second-order valence-corrected chi connectivity index (χ2v) is 7.72. The zero-order valence-corrected chi connectivity index (χ0v) is 15.5. The largest absolute Gasteiger partial charge is 0.466 e. The summed E-state index contributed by atoms with van der Waals surface area (Å²) in [5.41, 5.74) is 7.55. The molecular formula is C18H27N5O3. The van der Waals surface area contributed by atoms with Gasteiger partial charge in [-0.3, -0.25) is 4.79 Å². The molecule has 8 nitrogen and oxygen atoms in total. The lowest BCUT2D eigenvalue weighted by Gasteiger charge is -2.34. The number of methoxy groups -OCH3 is 1. The minimum Gasteiger partial charge on any atom is -0.466 e. The fourth-order valence-electron chi connectivity index (χ4n) is 3.53. The van der Waals surface area contributed by atoms with Gasteiger partial charge in [0, 0.05) is 18.1 Å². The Kier molecular flexibility index (Phi) is 5.43. The Morgan fingerprint density at radius 2 is 2.15 bits per heavy atom. The molecule has 0 bridgehead atoms. The maximum Gasteiger partial charge on any atom is 0.335 e. The van der Waals surface area contributed by atoms with Gasteiger partial charge < -0.3 is 14.6 Å². The van der Waals surface area contributed by atoms with Crippen LogP contribution in [0.15, 0.2) is 30.0 Å². The highest BCUT2D eigenvalue weighted by Crippen LogP contribution is 2.38. The summed E-state index contributed by atoms with van der Waals surface area (Å²) in [5.74, 6) is -0.485. The monoisotopic (exact) mass is 361 g/mol. The predicted octanol–water partition coefficient (Wildman–Crippen LogP) is 1.39. The van der Waals surface area contributed by atoms with Crippen LogP contribution in [0.2, 0.25) is 0 Å². The van der Waals surface area contributed by atoms with Crippen molar-refractivity contribution in [3.8, 4) is 0 Å². The van der Waals surface area contributed by atoms with E-state index in [2.05, 4.69) is 35.0 Å². The van der Waals surface area contributed by atoms with Crippen molar-refractivity contribution in [2.75, 3.05) is 7.11 Å². The molecule has 1 aliphatic carbocycles. The SMILES string of the molecule is COC(=O)C1=C(NC(=O)C2CCC(n3ccnc3)NN2)CC(C)(C)CC1. The van der Waals surface area contributed by atoms with Gasteiger partial charge in [-0.1, -0.05) is 13.8 Å². The molecule has 8 heteroatoms. The minimum absolute atomic E-state index is 0.0465. The molecular weight excluding hydrogens is 334 g/mol. The van der Waals surface area contributed by atoms with Gasteiger partial charge in [-0.2, -0.15) is 0 Å².